The molecule has 1 saturated heterocycles. The Bertz CT molecular complexity index is 697. The van der Waals surface area contributed by atoms with Gasteiger partial charge in [0.1, 0.15) is 0 Å². The fourth-order valence-electron chi connectivity index (χ4n) is 3.25. The van der Waals surface area contributed by atoms with E-state index in [1.807, 2.05) is 6.92 Å². The van der Waals surface area contributed by atoms with Gasteiger partial charge < -0.3 is 15.5 Å². The van der Waals surface area contributed by atoms with Gasteiger partial charge in [-0.1, -0.05) is 18.2 Å². The number of guanidine groups is 1. The summed E-state index contributed by atoms with van der Waals surface area (Å²) in [5.74, 6) is 1.53. The van der Waals surface area contributed by atoms with Crippen LogP contribution in [0.4, 0.5) is 5.69 Å². The minimum Gasteiger partial charge on any atom is -0.371 e. The minimum absolute atomic E-state index is 0.617. The molecular weight excluding hydrogens is 342 g/mol. The number of hydrogen-bond donors (Lipinski definition) is 2. The summed E-state index contributed by atoms with van der Waals surface area (Å²) >= 11 is 1.71. The predicted octanol–water partition coefficient (Wildman–Crippen LogP) is 3.08. The largest absolute Gasteiger partial charge is 0.371 e. The van der Waals surface area contributed by atoms with Gasteiger partial charge >= 0.3 is 0 Å². The molecule has 0 spiro atoms. The molecule has 1 atom stereocenters. The third kappa shape index (κ3) is 5.46. The average Bonchev–Trinajstić information content (AvgIpc) is 3.29. The van der Waals surface area contributed by atoms with Gasteiger partial charge in [0, 0.05) is 50.2 Å². The number of thiazole rings is 1. The molecule has 0 radical (unpaired) electrons. The van der Waals surface area contributed by atoms with E-state index < -0.39 is 0 Å². The number of aryl methyl sites for hydroxylation is 1. The number of nitrogens with zero attached hydrogens (tertiary/aromatic N) is 3. The van der Waals surface area contributed by atoms with Gasteiger partial charge in [0.15, 0.2) is 5.96 Å². The molecule has 1 unspecified atom stereocenters. The van der Waals surface area contributed by atoms with Crippen LogP contribution in [0.5, 0.6) is 0 Å². The number of aliphatic imine (C=N–C) groups is 1. The number of aromatic nitrogens is 1. The van der Waals surface area contributed by atoms with Crippen molar-refractivity contribution in [3.63, 3.8) is 0 Å². The van der Waals surface area contributed by atoms with Crippen LogP contribution >= 0.6 is 11.3 Å². The monoisotopic (exact) mass is 371 g/mol. The van der Waals surface area contributed by atoms with E-state index in [2.05, 4.69) is 63.2 Å². The van der Waals surface area contributed by atoms with E-state index in [1.165, 1.54) is 12.1 Å². The van der Waals surface area contributed by atoms with E-state index in [1.54, 1.807) is 11.3 Å². The van der Waals surface area contributed by atoms with E-state index in [9.17, 15) is 0 Å². The summed E-state index contributed by atoms with van der Waals surface area (Å²) in [5, 5.41) is 10.0. The molecule has 0 saturated carbocycles. The van der Waals surface area contributed by atoms with Gasteiger partial charge in [0.05, 0.1) is 10.7 Å². The van der Waals surface area contributed by atoms with E-state index in [-0.39, 0.29) is 0 Å². The molecule has 1 fully saturated rings. The van der Waals surface area contributed by atoms with E-state index in [0.29, 0.717) is 5.92 Å². The summed E-state index contributed by atoms with van der Waals surface area (Å²) in [5.41, 5.74) is 2.48. The Labute approximate surface area is 160 Å². The SMILES string of the molecule is CCNC(=NCC1CCN(c2ccccc2)C1)NCCc1csc(C)n1. The van der Waals surface area contributed by atoms with Gasteiger partial charge in [-0.2, -0.15) is 0 Å². The smallest absolute Gasteiger partial charge is 0.191 e. The Morgan fingerprint density at radius 1 is 1.31 bits per heavy atom. The first kappa shape index (κ1) is 18.7. The number of anilines is 1. The fourth-order valence-corrected chi connectivity index (χ4v) is 3.90. The first-order valence-electron chi connectivity index (χ1n) is 9.47. The summed E-state index contributed by atoms with van der Waals surface area (Å²) in [7, 11) is 0. The van der Waals surface area contributed by atoms with Gasteiger partial charge in [0.25, 0.3) is 0 Å². The Morgan fingerprint density at radius 2 is 2.15 bits per heavy atom. The van der Waals surface area contributed by atoms with Crippen LogP contribution in [0.25, 0.3) is 0 Å². The van der Waals surface area contributed by atoms with Crippen LogP contribution in [0.2, 0.25) is 0 Å². The second kappa shape index (κ2) is 9.57. The van der Waals surface area contributed by atoms with Crippen molar-refractivity contribution >= 4 is 23.0 Å². The molecular formula is C20H29N5S. The topological polar surface area (TPSA) is 52.6 Å². The molecule has 140 valence electrons. The van der Waals surface area contributed by atoms with Crippen LogP contribution in [0.15, 0.2) is 40.7 Å². The molecule has 1 aliphatic rings. The Morgan fingerprint density at radius 3 is 2.88 bits per heavy atom. The summed E-state index contributed by atoms with van der Waals surface area (Å²) in [6.45, 7) is 8.97. The van der Waals surface area contributed by atoms with Crippen molar-refractivity contribution in [1.29, 1.82) is 0 Å². The molecule has 5 nitrogen and oxygen atoms in total. The molecule has 3 rings (SSSR count). The third-order valence-electron chi connectivity index (χ3n) is 4.60. The molecule has 2 N–H and O–H groups in total. The standard InChI is InChI=1S/C20H29N5S/c1-3-21-20(22-11-9-18-15-26-16(2)24-18)23-13-17-10-12-25(14-17)19-7-5-4-6-8-19/h4-8,15,17H,3,9-14H2,1-2H3,(H2,21,22,23). The minimum atomic E-state index is 0.617. The zero-order valence-corrected chi connectivity index (χ0v) is 16.6. The highest BCUT2D eigenvalue weighted by atomic mass is 32.1. The molecule has 2 heterocycles. The molecule has 1 aromatic carbocycles. The van der Waals surface area contributed by atoms with Crippen LogP contribution < -0.4 is 15.5 Å². The summed E-state index contributed by atoms with van der Waals surface area (Å²) < 4.78 is 0. The summed E-state index contributed by atoms with van der Waals surface area (Å²) in [4.78, 5) is 11.8. The molecule has 2 aromatic rings. The van der Waals surface area contributed by atoms with Gasteiger partial charge in [-0.15, -0.1) is 11.3 Å². The van der Waals surface area contributed by atoms with Crippen LogP contribution in [0.3, 0.4) is 0 Å². The first-order chi connectivity index (χ1) is 12.7. The van der Waals surface area contributed by atoms with E-state index >= 15 is 0 Å². The van der Waals surface area contributed by atoms with Crippen molar-refractivity contribution in [2.24, 2.45) is 10.9 Å². The number of rotatable bonds is 7. The number of nitrogens with one attached hydrogen (secondary N) is 2. The molecule has 0 bridgehead atoms. The zero-order valence-electron chi connectivity index (χ0n) is 15.7. The Hall–Kier alpha value is -2.08. The molecule has 0 amide bonds. The second-order valence-corrected chi connectivity index (χ2v) is 7.75. The Kier molecular flexibility index (Phi) is 6.89. The normalized spacial score (nSPS) is 17.5. The lowest BCUT2D eigenvalue weighted by molar-refractivity contribution is 0.599. The van der Waals surface area contributed by atoms with Crippen LogP contribution in [0, 0.1) is 12.8 Å². The van der Waals surface area contributed by atoms with Crippen LogP contribution in [-0.4, -0.2) is 43.7 Å². The number of benzene rings is 1. The number of para-hydroxylation sites is 1. The maximum Gasteiger partial charge on any atom is 0.191 e. The lowest BCUT2D eigenvalue weighted by Crippen LogP contribution is -2.38. The van der Waals surface area contributed by atoms with Crippen molar-refractivity contribution in [2.45, 2.75) is 26.7 Å². The lowest BCUT2D eigenvalue weighted by atomic mass is 10.1. The molecule has 0 aliphatic carbocycles. The predicted molar refractivity (Wildman–Crippen MR) is 111 cm³/mol. The lowest BCUT2D eigenvalue weighted by Gasteiger charge is -2.18. The van der Waals surface area contributed by atoms with Crippen molar-refractivity contribution < 1.29 is 0 Å². The van der Waals surface area contributed by atoms with Crippen molar-refractivity contribution in [1.82, 2.24) is 15.6 Å². The first-order valence-corrected chi connectivity index (χ1v) is 10.4. The van der Waals surface area contributed by atoms with Crippen LogP contribution in [0.1, 0.15) is 24.0 Å². The van der Waals surface area contributed by atoms with Crippen molar-refractivity contribution in [3.05, 3.63) is 46.4 Å². The van der Waals surface area contributed by atoms with Gasteiger partial charge in [0.2, 0.25) is 0 Å². The maximum absolute atomic E-state index is 4.81. The van der Waals surface area contributed by atoms with Crippen molar-refractivity contribution in [3.8, 4) is 0 Å². The average molecular weight is 372 g/mol. The second-order valence-electron chi connectivity index (χ2n) is 6.69. The zero-order chi connectivity index (χ0) is 18.2. The van der Waals surface area contributed by atoms with E-state index in [4.69, 9.17) is 4.99 Å². The highest BCUT2D eigenvalue weighted by Crippen LogP contribution is 2.23. The molecule has 26 heavy (non-hydrogen) atoms. The maximum atomic E-state index is 4.81. The van der Waals surface area contributed by atoms with Gasteiger partial charge in [-0.05, 0) is 38.3 Å². The summed E-state index contributed by atoms with van der Waals surface area (Å²) in [6, 6.07) is 10.7. The Balaban J connectivity index is 1.46. The number of hydrogen-bond acceptors (Lipinski definition) is 4. The van der Waals surface area contributed by atoms with E-state index in [0.717, 1.165) is 55.8 Å². The van der Waals surface area contributed by atoms with Gasteiger partial charge in [-0.3, -0.25) is 4.99 Å². The quantitative estimate of drug-likeness (QED) is 0.580. The highest BCUT2D eigenvalue weighted by molar-refractivity contribution is 7.09. The molecule has 1 aromatic heterocycles. The highest BCUT2D eigenvalue weighted by Gasteiger charge is 2.22. The third-order valence-corrected chi connectivity index (χ3v) is 5.42. The molecule has 1 aliphatic heterocycles. The summed E-state index contributed by atoms with van der Waals surface area (Å²) in [6.07, 6.45) is 2.13. The van der Waals surface area contributed by atoms with Crippen molar-refractivity contribution in [2.75, 3.05) is 37.6 Å². The van der Waals surface area contributed by atoms with Crippen LogP contribution in [-0.2, 0) is 6.42 Å². The fraction of sp³-hybridized carbons (Fsp3) is 0.500. The van der Waals surface area contributed by atoms with Gasteiger partial charge in [-0.25, -0.2) is 4.98 Å². The molecule has 6 heteroatoms.